The standard InChI is InChI=1S/C9H12N2O/c1-2-3-8-5-4-7(6-12)9(10)11-8/h4-6H,2-3H2,1H3,(H2,10,11). The van der Waals surface area contributed by atoms with Crippen molar-refractivity contribution in [1.82, 2.24) is 4.98 Å². The zero-order chi connectivity index (χ0) is 8.97. The largest absolute Gasteiger partial charge is 0.383 e. The number of carbonyl (C=O) groups is 1. The van der Waals surface area contributed by atoms with Crippen molar-refractivity contribution in [3.8, 4) is 0 Å². The van der Waals surface area contributed by atoms with Gasteiger partial charge in [0.15, 0.2) is 6.29 Å². The summed E-state index contributed by atoms with van der Waals surface area (Å²) in [5.74, 6) is 0.330. The second kappa shape index (κ2) is 3.85. The first kappa shape index (κ1) is 8.71. The summed E-state index contributed by atoms with van der Waals surface area (Å²) in [6.07, 6.45) is 2.66. The number of nitrogens with zero attached hydrogens (tertiary/aromatic N) is 1. The molecule has 3 nitrogen and oxygen atoms in total. The number of hydrogen-bond donors (Lipinski definition) is 1. The van der Waals surface area contributed by atoms with Gasteiger partial charge in [0.05, 0.1) is 5.56 Å². The number of aryl methyl sites for hydroxylation is 1. The Morgan fingerprint density at radius 1 is 1.58 bits per heavy atom. The molecule has 0 aliphatic carbocycles. The van der Waals surface area contributed by atoms with Gasteiger partial charge in [-0.3, -0.25) is 4.79 Å². The van der Waals surface area contributed by atoms with Gasteiger partial charge in [-0.25, -0.2) is 4.98 Å². The summed E-state index contributed by atoms with van der Waals surface area (Å²) in [5, 5.41) is 0. The van der Waals surface area contributed by atoms with Crippen LogP contribution in [0.15, 0.2) is 12.1 Å². The zero-order valence-electron chi connectivity index (χ0n) is 7.08. The molecule has 1 rings (SSSR count). The van der Waals surface area contributed by atoms with Crippen LogP contribution in [-0.2, 0) is 6.42 Å². The molecular formula is C9H12N2O. The van der Waals surface area contributed by atoms with Gasteiger partial charge in [0.1, 0.15) is 5.82 Å². The fourth-order valence-corrected chi connectivity index (χ4v) is 1.02. The number of aldehydes is 1. The van der Waals surface area contributed by atoms with Crippen LogP contribution in [0.5, 0.6) is 0 Å². The number of rotatable bonds is 3. The minimum atomic E-state index is 0.330. The van der Waals surface area contributed by atoms with E-state index in [1.807, 2.05) is 6.07 Å². The highest BCUT2D eigenvalue weighted by Crippen LogP contribution is 2.08. The number of pyridine rings is 1. The smallest absolute Gasteiger partial charge is 0.153 e. The van der Waals surface area contributed by atoms with E-state index in [-0.39, 0.29) is 0 Å². The minimum Gasteiger partial charge on any atom is -0.383 e. The van der Waals surface area contributed by atoms with Crippen LogP contribution in [0, 0.1) is 0 Å². The van der Waals surface area contributed by atoms with Gasteiger partial charge in [0, 0.05) is 5.69 Å². The summed E-state index contributed by atoms with van der Waals surface area (Å²) in [4.78, 5) is 14.5. The van der Waals surface area contributed by atoms with Crippen molar-refractivity contribution >= 4 is 12.1 Å². The normalized spacial score (nSPS) is 9.75. The lowest BCUT2D eigenvalue weighted by molar-refractivity contribution is 0.112. The molecule has 2 N–H and O–H groups in total. The van der Waals surface area contributed by atoms with E-state index in [9.17, 15) is 4.79 Å². The van der Waals surface area contributed by atoms with E-state index < -0.39 is 0 Å². The van der Waals surface area contributed by atoms with Crippen LogP contribution in [-0.4, -0.2) is 11.3 Å². The molecule has 0 atom stereocenters. The maximum Gasteiger partial charge on any atom is 0.153 e. The molecule has 0 aromatic carbocycles. The number of anilines is 1. The molecule has 0 saturated carbocycles. The fourth-order valence-electron chi connectivity index (χ4n) is 1.02. The topological polar surface area (TPSA) is 56.0 Å². The zero-order valence-corrected chi connectivity index (χ0v) is 7.08. The Morgan fingerprint density at radius 2 is 2.33 bits per heavy atom. The SMILES string of the molecule is CCCc1ccc(C=O)c(N)n1. The number of aromatic nitrogens is 1. The van der Waals surface area contributed by atoms with Crippen molar-refractivity contribution < 1.29 is 4.79 Å². The van der Waals surface area contributed by atoms with Crippen molar-refractivity contribution in [2.75, 3.05) is 5.73 Å². The highest BCUT2D eigenvalue weighted by Gasteiger charge is 1.99. The lowest BCUT2D eigenvalue weighted by atomic mass is 10.2. The van der Waals surface area contributed by atoms with E-state index in [0.717, 1.165) is 24.8 Å². The van der Waals surface area contributed by atoms with Crippen molar-refractivity contribution in [1.29, 1.82) is 0 Å². The van der Waals surface area contributed by atoms with Crippen LogP contribution in [0.4, 0.5) is 5.82 Å². The average molecular weight is 164 g/mol. The Labute approximate surface area is 71.6 Å². The van der Waals surface area contributed by atoms with Crippen molar-refractivity contribution in [2.45, 2.75) is 19.8 Å². The Morgan fingerprint density at radius 3 is 2.83 bits per heavy atom. The van der Waals surface area contributed by atoms with E-state index in [1.165, 1.54) is 0 Å². The fraction of sp³-hybridized carbons (Fsp3) is 0.333. The van der Waals surface area contributed by atoms with Crippen molar-refractivity contribution in [2.24, 2.45) is 0 Å². The summed E-state index contributed by atoms with van der Waals surface area (Å²) in [5.41, 5.74) is 6.93. The van der Waals surface area contributed by atoms with Crippen LogP contribution in [0.1, 0.15) is 29.4 Å². The molecule has 0 aliphatic rings. The third kappa shape index (κ3) is 1.81. The summed E-state index contributed by atoms with van der Waals surface area (Å²) in [7, 11) is 0. The van der Waals surface area contributed by atoms with Gasteiger partial charge in [-0.15, -0.1) is 0 Å². The van der Waals surface area contributed by atoms with E-state index >= 15 is 0 Å². The first-order valence-electron chi connectivity index (χ1n) is 3.98. The van der Waals surface area contributed by atoms with Gasteiger partial charge in [0.25, 0.3) is 0 Å². The molecule has 0 bridgehead atoms. The van der Waals surface area contributed by atoms with Gasteiger partial charge in [-0.05, 0) is 18.6 Å². The highest BCUT2D eigenvalue weighted by atomic mass is 16.1. The van der Waals surface area contributed by atoms with Crippen LogP contribution in [0.2, 0.25) is 0 Å². The second-order valence-corrected chi connectivity index (χ2v) is 2.64. The van der Waals surface area contributed by atoms with Gasteiger partial charge in [-0.2, -0.15) is 0 Å². The maximum atomic E-state index is 10.4. The summed E-state index contributed by atoms with van der Waals surface area (Å²) >= 11 is 0. The summed E-state index contributed by atoms with van der Waals surface area (Å²) in [6, 6.07) is 3.55. The van der Waals surface area contributed by atoms with Crippen LogP contribution < -0.4 is 5.73 Å². The van der Waals surface area contributed by atoms with Crippen molar-refractivity contribution in [3.63, 3.8) is 0 Å². The molecule has 1 heterocycles. The highest BCUT2D eigenvalue weighted by molar-refractivity contribution is 5.81. The Balaban J connectivity index is 2.93. The Hall–Kier alpha value is -1.38. The van der Waals surface area contributed by atoms with Crippen molar-refractivity contribution in [3.05, 3.63) is 23.4 Å². The molecule has 0 amide bonds. The number of nitrogen functional groups attached to an aromatic ring is 1. The molecule has 0 radical (unpaired) electrons. The van der Waals surface area contributed by atoms with Crippen LogP contribution in [0.25, 0.3) is 0 Å². The molecule has 0 spiro atoms. The van der Waals surface area contributed by atoms with E-state index in [4.69, 9.17) is 5.73 Å². The Kier molecular flexibility index (Phi) is 2.80. The van der Waals surface area contributed by atoms with Gasteiger partial charge in [-0.1, -0.05) is 13.3 Å². The molecule has 0 fully saturated rings. The number of hydrogen-bond acceptors (Lipinski definition) is 3. The van der Waals surface area contributed by atoms with E-state index in [0.29, 0.717) is 11.4 Å². The summed E-state index contributed by atoms with van der Waals surface area (Å²) < 4.78 is 0. The number of carbonyl (C=O) groups excluding carboxylic acids is 1. The maximum absolute atomic E-state index is 10.4. The first-order chi connectivity index (χ1) is 5.77. The molecule has 1 aromatic heterocycles. The average Bonchev–Trinajstić information content (AvgIpc) is 2.05. The first-order valence-corrected chi connectivity index (χ1v) is 3.98. The van der Waals surface area contributed by atoms with E-state index in [2.05, 4.69) is 11.9 Å². The molecule has 0 saturated heterocycles. The molecule has 0 aliphatic heterocycles. The van der Waals surface area contributed by atoms with Crippen LogP contribution in [0.3, 0.4) is 0 Å². The Bertz CT molecular complexity index is 284. The molecular weight excluding hydrogens is 152 g/mol. The third-order valence-corrected chi connectivity index (χ3v) is 1.65. The molecule has 1 aromatic rings. The quantitative estimate of drug-likeness (QED) is 0.687. The number of nitrogens with two attached hydrogens (primary N) is 1. The molecule has 3 heteroatoms. The lowest BCUT2D eigenvalue weighted by Crippen LogP contribution is -1.99. The summed E-state index contributed by atoms with van der Waals surface area (Å²) in [6.45, 7) is 2.07. The van der Waals surface area contributed by atoms with Crippen LogP contribution >= 0.6 is 0 Å². The molecule has 0 unspecified atom stereocenters. The van der Waals surface area contributed by atoms with Gasteiger partial charge >= 0.3 is 0 Å². The minimum absolute atomic E-state index is 0.330. The monoisotopic (exact) mass is 164 g/mol. The molecule has 64 valence electrons. The second-order valence-electron chi connectivity index (χ2n) is 2.64. The predicted molar refractivity (Wildman–Crippen MR) is 48.0 cm³/mol. The van der Waals surface area contributed by atoms with Gasteiger partial charge < -0.3 is 5.73 Å². The lowest BCUT2D eigenvalue weighted by Gasteiger charge is -2.00. The predicted octanol–water partition coefficient (Wildman–Crippen LogP) is 1.43. The van der Waals surface area contributed by atoms with Gasteiger partial charge in [0.2, 0.25) is 0 Å². The third-order valence-electron chi connectivity index (χ3n) is 1.65. The van der Waals surface area contributed by atoms with E-state index in [1.54, 1.807) is 6.07 Å². The molecule has 12 heavy (non-hydrogen) atoms.